The Hall–Kier alpha value is -0.290. The summed E-state index contributed by atoms with van der Waals surface area (Å²) in [5.74, 6) is 0.955. The number of hydrogen-bond acceptors (Lipinski definition) is 2. The molecule has 0 fully saturated rings. The third kappa shape index (κ3) is 1.75. The Morgan fingerprint density at radius 3 is 3.07 bits per heavy atom. The summed E-state index contributed by atoms with van der Waals surface area (Å²) in [5, 5.41) is 9.24. The number of halogens is 1. The second-order valence-electron chi connectivity index (χ2n) is 3.94. The molecule has 3 heteroatoms. The van der Waals surface area contributed by atoms with Crippen LogP contribution < -0.4 is 4.74 Å². The quantitative estimate of drug-likeness (QED) is 0.807. The van der Waals surface area contributed by atoms with Gasteiger partial charge in [0.05, 0.1) is 10.2 Å². The molecule has 0 amide bonds. The molecule has 0 aliphatic carbocycles. The summed E-state index contributed by atoms with van der Waals surface area (Å²) in [6, 6.07) is 6.17. The number of aliphatic hydroxyl groups is 1. The topological polar surface area (TPSA) is 29.5 Å². The fraction of sp³-hybridized carbons (Fsp3) is 0.455. The van der Waals surface area contributed by atoms with Crippen molar-refractivity contribution < 1.29 is 9.84 Å². The highest BCUT2D eigenvalue weighted by Gasteiger charge is 2.31. The highest BCUT2D eigenvalue weighted by molar-refractivity contribution is 14.1. The van der Waals surface area contributed by atoms with Gasteiger partial charge < -0.3 is 9.84 Å². The lowest BCUT2D eigenvalue weighted by Crippen LogP contribution is -2.40. The average molecular weight is 304 g/mol. The van der Waals surface area contributed by atoms with Crippen molar-refractivity contribution in [2.45, 2.75) is 25.4 Å². The normalized spacial score (nSPS) is 25.4. The van der Waals surface area contributed by atoms with Gasteiger partial charge in [0.15, 0.2) is 0 Å². The zero-order valence-corrected chi connectivity index (χ0v) is 10.2. The van der Waals surface area contributed by atoms with E-state index in [9.17, 15) is 5.11 Å². The van der Waals surface area contributed by atoms with Crippen LogP contribution in [-0.4, -0.2) is 17.3 Å². The first-order valence-electron chi connectivity index (χ1n) is 4.72. The van der Waals surface area contributed by atoms with E-state index in [1.807, 2.05) is 19.1 Å². The van der Waals surface area contributed by atoms with Crippen LogP contribution in [0.4, 0.5) is 0 Å². The van der Waals surface area contributed by atoms with Crippen molar-refractivity contribution in [3.63, 3.8) is 0 Å². The number of ether oxygens (including phenoxy) is 1. The maximum absolute atomic E-state index is 9.24. The minimum absolute atomic E-state index is 0.0808. The summed E-state index contributed by atoms with van der Waals surface area (Å²) in [6.45, 7) is 2.04. The van der Waals surface area contributed by atoms with E-state index in [1.165, 1.54) is 5.56 Å². The number of aliphatic hydroxyl groups excluding tert-OH is 1. The summed E-state index contributed by atoms with van der Waals surface area (Å²) in [5.41, 5.74) is 0.858. The standard InChI is InChI=1S/C11H13IO2/c1-11(7-13)6-5-8-3-2-4-9(12)10(8)14-11/h2-4,13H,5-7H2,1H3/t11-/m0/s1. The summed E-state index contributed by atoms with van der Waals surface area (Å²) >= 11 is 2.27. The van der Waals surface area contributed by atoms with Crippen molar-refractivity contribution in [2.24, 2.45) is 0 Å². The van der Waals surface area contributed by atoms with Gasteiger partial charge in [-0.05, 0) is 54.0 Å². The molecule has 0 bridgehead atoms. The highest BCUT2D eigenvalue weighted by atomic mass is 127. The summed E-state index contributed by atoms with van der Waals surface area (Å²) < 4.78 is 6.97. The first-order chi connectivity index (χ1) is 6.64. The third-order valence-electron chi connectivity index (χ3n) is 2.65. The molecule has 1 heterocycles. The molecule has 2 rings (SSSR count). The molecule has 0 saturated carbocycles. The van der Waals surface area contributed by atoms with Crippen LogP contribution in [0.1, 0.15) is 18.9 Å². The SMILES string of the molecule is C[C@@]1(CO)CCc2cccc(I)c2O1. The van der Waals surface area contributed by atoms with Gasteiger partial charge in [-0.2, -0.15) is 0 Å². The highest BCUT2D eigenvalue weighted by Crippen LogP contribution is 2.36. The minimum atomic E-state index is -0.395. The Labute approximate surface area is 97.4 Å². The van der Waals surface area contributed by atoms with Gasteiger partial charge in [-0.3, -0.25) is 0 Å². The molecule has 1 aromatic rings. The van der Waals surface area contributed by atoms with Gasteiger partial charge in [-0.25, -0.2) is 0 Å². The van der Waals surface area contributed by atoms with E-state index in [2.05, 4.69) is 28.7 Å². The number of benzene rings is 1. The summed E-state index contributed by atoms with van der Waals surface area (Å²) in [6.07, 6.45) is 1.87. The molecule has 1 aliphatic heterocycles. The largest absolute Gasteiger partial charge is 0.484 e. The Kier molecular flexibility index (Phi) is 2.70. The van der Waals surface area contributed by atoms with Gasteiger partial charge in [0.1, 0.15) is 11.4 Å². The molecule has 1 atom stereocenters. The van der Waals surface area contributed by atoms with Gasteiger partial charge in [0, 0.05) is 0 Å². The number of aryl methyl sites for hydroxylation is 1. The fourth-order valence-electron chi connectivity index (χ4n) is 1.67. The van der Waals surface area contributed by atoms with E-state index >= 15 is 0 Å². The van der Waals surface area contributed by atoms with E-state index in [0.29, 0.717) is 0 Å². The molecule has 0 aromatic heterocycles. The molecule has 14 heavy (non-hydrogen) atoms. The molecule has 1 aliphatic rings. The van der Waals surface area contributed by atoms with Crippen LogP contribution in [0.3, 0.4) is 0 Å². The number of para-hydroxylation sites is 1. The lowest BCUT2D eigenvalue weighted by Gasteiger charge is -2.34. The zero-order chi connectivity index (χ0) is 10.2. The second kappa shape index (κ2) is 3.70. The van der Waals surface area contributed by atoms with Crippen LogP contribution in [0.2, 0.25) is 0 Å². The predicted molar refractivity (Wildman–Crippen MR) is 63.6 cm³/mol. The molecule has 1 aromatic carbocycles. The molecule has 0 unspecified atom stereocenters. The molecule has 2 nitrogen and oxygen atoms in total. The smallest absolute Gasteiger partial charge is 0.136 e. The molecular weight excluding hydrogens is 291 g/mol. The predicted octanol–water partition coefficient (Wildman–Crippen LogP) is 2.37. The maximum atomic E-state index is 9.24. The molecule has 0 saturated heterocycles. The molecular formula is C11H13IO2. The summed E-state index contributed by atoms with van der Waals surface area (Å²) in [7, 11) is 0. The number of fused-ring (bicyclic) bond motifs is 1. The minimum Gasteiger partial charge on any atom is -0.484 e. The monoisotopic (exact) mass is 304 g/mol. The van der Waals surface area contributed by atoms with Crippen molar-refractivity contribution >= 4 is 22.6 Å². The first-order valence-corrected chi connectivity index (χ1v) is 5.80. The van der Waals surface area contributed by atoms with Crippen LogP contribution in [0.5, 0.6) is 5.75 Å². The maximum Gasteiger partial charge on any atom is 0.136 e. The number of rotatable bonds is 1. The van der Waals surface area contributed by atoms with Crippen LogP contribution in [0.15, 0.2) is 18.2 Å². The lowest BCUT2D eigenvalue weighted by atomic mass is 9.93. The Morgan fingerprint density at radius 2 is 2.36 bits per heavy atom. The Bertz CT molecular complexity index is 351. The zero-order valence-electron chi connectivity index (χ0n) is 8.09. The van der Waals surface area contributed by atoms with Gasteiger partial charge in [0.25, 0.3) is 0 Å². The molecule has 1 N–H and O–H groups in total. The van der Waals surface area contributed by atoms with Crippen molar-refractivity contribution in [1.82, 2.24) is 0 Å². The van der Waals surface area contributed by atoms with Crippen LogP contribution in [-0.2, 0) is 6.42 Å². The van der Waals surface area contributed by atoms with Crippen LogP contribution in [0, 0.1) is 3.57 Å². The van der Waals surface area contributed by atoms with Crippen LogP contribution >= 0.6 is 22.6 Å². The molecule has 0 radical (unpaired) electrons. The van der Waals surface area contributed by atoms with Gasteiger partial charge >= 0.3 is 0 Å². The van der Waals surface area contributed by atoms with E-state index in [0.717, 1.165) is 22.2 Å². The Morgan fingerprint density at radius 1 is 1.57 bits per heavy atom. The third-order valence-corrected chi connectivity index (χ3v) is 3.50. The molecule has 76 valence electrons. The lowest BCUT2D eigenvalue weighted by molar-refractivity contribution is 0.00733. The van der Waals surface area contributed by atoms with Crippen molar-refractivity contribution in [2.75, 3.05) is 6.61 Å². The van der Waals surface area contributed by atoms with Crippen molar-refractivity contribution in [3.8, 4) is 5.75 Å². The Balaban J connectivity index is 2.38. The van der Waals surface area contributed by atoms with Gasteiger partial charge in [-0.1, -0.05) is 12.1 Å². The molecule has 0 spiro atoms. The van der Waals surface area contributed by atoms with E-state index < -0.39 is 5.60 Å². The van der Waals surface area contributed by atoms with E-state index in [1.54, 1.807) is 0 Å². The van der Waals surface area contributed by atoms with Gasteiger partial charge in [-0.15, -0.1) is 0 Å². The van der Waals surface area contributed by atoms with Crippen LogP contribution in [0.25, 0.3) is 0 Å². The number of hydrogen-bond donors (Lipinski definition) is 1. The summed E-state index contributed by atoms with van der Waals surface area (Å²) in [4.78, 5) is 0. The fourth-order valence-corrected chi connectivity index (χ4v) is 2.34. The van der Waals surface area contributed by atoms with Crippen molar-refractivity contribution in [3.05, 3.63) is 27.3 Å². The van der Waals surface area contributed by atoms with E-state index in [-0.39, 0.29) is 6.61 Å². The van der Waals surface area contributed by atoms with E-state index in [4.69, 9.17) is 4.74 Å². The second-order valence-corrected chi connectivity index (χ2v) is 5.10. The average Bonchev–Trinajstić information content (AvgIpc) is 2.20. The first kappa shape index (κ1) is 10.2. The van der Waals surface area contributed by atoms with Gasteiger partial charge in [0.2, 0.25) is 0 Å². The van der Waals surface area contributed by atoms with Crippen molar-refractivity contribution in [1.29, 1.82) is 0 Å².